The molecule has 0 aliphatic carbocycles. The molecule has 1 aliphatic rings. The van der Waals surface area contributed by atoms with Crippen molar-refractivity contribution in [3.63, 3.8) is 0 Å². The molecule has 2 aromatic carbocycles. The molecular weight excluding hydrogens is 410 g/mol. The van der Waals surface area contributed by atoms with E-state index in [4.69, 9.17) is 9.31 Å². The molecule has 10 heteroatoms. The molecule has 0 spiro atoms. The Morgan fingerprint density at radius 2 is 1.65 bits per heavy atom. The molecule has 0 radical (unpaired) electrons. The zero-order valence-corrected chi connectivity index (χ0v) is 17.5. The van der Waals surface area contributed by atoms with Gasteiger partial charge in [-0.1, -0.05) is 6.07 Å². The summed E-state index contributed by atoms with van der Waals surface area (Å²) in [6.07, 6.45) is 1.19. The highest BCUT2D eigenvalue weighted by Gasteiger charge is 2.52. The predicted molar refractivity (Wildman–Crippen MR) is 109 cm³/mol. The van der Waals surface area contributed by atoms with Crippen molar-refractivity contribution in [3.8, 4) is 5.69 Å². The Labute approximate surface area is 177 Å². The minimum atomic E-state index is -0.885. The van der Waals surface area contributed by atoms with Gasteiger partial charge in [0.25, 0.3) is 0 Å². The first kappa shape index (κ1) is 21.4. The molecule has 0 bridgehead atoms. The molecule has 0 atom stereocenters. The summed E-state index contributed by atoms with van der Waals surface area (Å²) in [5.41, 5.74) is -1.47. The number of aromatic nitrogens is 3. The van der Waals surface area contributed by atoms with Crippen molar-refractivity contribution in [2.24, 2.45) is 0 Å². The molecule has 0 saturated carbocycles. The van der Waals surface area contributed by atoms with Gasteiger partial charge < -0.3 is 9.31 Å². The summed E-state index contributed by atoms with van der Waals surface area (Å²) in [7, 11) is -0.885. The molecular formula is C21H21BF3N3O3. The van der Waals surface area contributed by atoms with Crippen LogP contribution in [0.2, 0.25) is 0 Å². The average molecular weight is 431 g/mol. The molecule has 1 fully saturated rings. The number of nitrogens with zero attached hydrogens (tertiary/aromatic N) is 3. The third kappa shape index (κ3) is 3.81. The third-order valence-corrected chi connectivity index (χ3v) is 5.82. The average Bonchev–Trinajstić information content (AvgIpc) is 3.14. The summed E-state index contributed by atoms with van der Waals surface area (Å²) < 4.78 is 56.0. The van der Waals surface area contributed by atoms with Crippen LogP contribution in [0.4, 0.5) is 13.2 Å². The largest absolute Gasteiger partial charge is 0.497 e. The lowest BCUT2D eigenvalue weighted by atomic mass is 9.78. The highest BCUT2D eigenvalue weighted by molar-refractivity contribution is 6.62. The van der Waals surface area contributed by atoms with Crippen molar-refractivity contribution in [3.05, 3.63) is 76.2 Å². The monoisotopic (exact) mass is 431 g/mol. The van der Waals surface area contributed by atoms with Crippen molar-refractivity contribution >= 4 is 12.6 Å². The number of hydrogen-bond acceptors (Lipinski definition) is 4. The van der Waals surface area contributed by atoms with Gasteiger partial charge in [-0.15, -0.1) is 0 Å². The minimum absolute atomic E-state index is 0.00365. The van der Waals surface area contributed by atoms with E-state index in [1.807, 2.05) is 27.7 Å². The maximum Gasteiger partial charge on any atom is 0.497 e. The second kappa shape index (κ2) is 7.38. The van der Waals surface area contributed by atoms with E-state index in [-0.39, 0.29) is 23.3 Å². The van der Waals surface area contributed by atoms with E-state index < -0.39 is 41.5 Å². The van der Waals surface area contributed by atoms with E-state index in [0.29, 0.717) is 0 Å². The van der Waals surface area contributed by atoms with Gasteiger partial charge in [0.15, 0.2) is 0 Å². The lowest BCUT2D eigenvalue weighted by Gasteiger charge is -2.32. The van der Waals surface area contributed by atoms with Gasteiger partial charge in [-0.3, -0.25) is 4.57 Å². The fraction of sp³-hybridized carbons (Fsp3) is 0.333. The van der Waals surface area contributed by atoms with Gasteiger partial charge in [0.2, 0.25) is 0 Å². The van der Waals surface area contributed by atoms with Crippen molar-refractivity contribution in [2.45, 2.75) is 45.4 Å². The van der Waals surface area contributed by atoms with Crippen LogP contribution < -0.4 is 11.2 Å². The molecule has 0 unspecified atom stereocenters. The van der Waals surface area contributed by atoms with Crippen LogP contribution >= 0.6 is 0 Å². The lowest BCUT2D eigenvalue weighted by molar-refractivity contribution is 0.00578. The standard InChI is InChI=1S/C21H21BF3N3O3/c1-20(2)21(3,4)31-22(30-20)16-7-6-15(10-18(16)25)28-19(29)27(12-26-28)11-13-9-14(23)5-8-17(13)24/h5-10,12H,11H2,1-4H3. The Balaban J connectivity index is 1.61. The normalized spacial score (nSPS) is 17.3. The number of halogens is 3. The summed E-state index contributed by atoms with van der Waals surface area (Å²) in [4.78, 5) is 12.7. The summed E-state index contributed by atoms with van der Waals surface area (Å²) in [5, 5.41) is 3.97. The lowest BCUT2D eigenvalue weighted by Crippen LogP contribution is -2.41. The molecule has 6 nitrogen and oxygen atoms in total. The van der Waals surface area contributed by atoms with E-state index in [0.717, 1.165) is 33.5 Å². The Kier molecular flexibility index (Phi) is 5.10. The van der Waals surface area contributed by atoms with Crippen LogP contribution in [-0.2, 0) is 15.9 Å². The number of benzene rings is 2. The van der Waals surface area contributed by atoms with Crippen molar-refractivity contribution in [2.75, 3.05) is 0 Å². The summed E-state index contributed by atoms with van der Waals surface area (Å²) >= 11 is 0. The molecule has 31 heavy (non-hydrogen) atoms. The van der Waals surface area contributed by atoms with Gasteiger partial charge in [0.1, 0.15) is 23.8 Å². The second-order valence-corrected chi connectivity index (χ2v) is 8.48. The van der Waals surface area contributed by atoms with Gasteiger partial charge >= 0.3 is 12.8 Å². The Morgan fingerprint density at radius 3 is 2.29 bits per heavy atom. The Morgan fingerprint density at radius 1 is 0.968 bits per heavy atom. The SMILES string of the molecule is CC1(C)OB(c2ccc(-n3ncn(Cc4cc(F)ccc4F)c3=O)cc2F)OC1(C)C. The maximum absolute atomic E-state index is 14.9. The van der Waals surface area contributed by atoms with Crippen molar-refractivity contribution in [1.82, 2.24) is 14.3 Å². The Hall–Kier alpha value is -2.85. The minimum Gasteiger partial charge on any atom is -0.399 e. The molecule has 162 valence electrons. The summed E-state index contributed by atoms with van der Waals surface area (Å²) in [6, 6.07) is 7.15. The molecule has 1 aromatic heterocycles. The van der Waals surface area contributed by atoms with Crippen LogP contribution in [0.3, 0.4) is 0 Å². The van der Waals surface area contributed by atoms with Gasteiger partial charge in [0.05, 0.1) is 23.4 Å². The molecule has 3 aromatic rings. The highest BCUT2D eigenvalue weighted by Crippen LogP contribution is 2.36. The van der Waals surface area contributed by atoms with Gasteiger partial charge in [-0.05, 0) is 58.0 Å². The van der Waals surface area contributed by atoms with E-state index in [1.54, 1.807) is 0 Å². The third-order valence-electron chi connectivity index (χ3n) is 5.82. The molecule has 0 amide bonds. The van der Waals surface area contributed by atoms with Crippen LogP contribution in [0.1, 0.15) is 33.3 Å². The van der Waals surface area contributed by atoms with E-state index in [1.165, 1.54) is 18.5 Å². The van der Waals surface area contributed by atoms with Gasteiger partial charge in [0, 0.05) is 11.0 Å². The topological polar surface area (TPSA) is 58.3 Å². The predicted octanol–water partition coefficient (Wildman–Crippen LogP) is 2.80. The highest BCUT2D eigenvalue weighted by atomic mass is 19.1. The number of rotatable bonds is 4. The molecule has 1 saturated heterocycles. The van der Waals surface area contributed by atoms with Crippen LogP contribution in [0.25, 0.3) is 5.69 Å². The van der Waals surface area contributed by atoms with E-state index >= 15 is 0 Å². The zero-order chi connectivity index (χ0) is 22.6. The molecule has 2 heterocycles. The molecule has 4 rings (SSSR count). The van der Waals surface area contributed by atoms with Crippen LogP contribution in [-0.4, -0.2) is 32.7 Å². The first-order valence-electron chi connectivity index (χ1n) is 9.72. The molecule has 1 aliphatic heterocycles. The second-order valence-electron chi connectivity index (χ2n) is 8.48. The summed E-state index contributed by atoms with van der Waals surface area (Å²) in [6.45, 7) is 7.26. The maximum atomic E-state index is 14.9. The van der Waals surface area contributed by atoms with Crippen LogP contribution in [0, 0.1) is 17.5 Å². The van der Waals surface area contributed by atoms with E-state index in [2.05, 4.69) is 5.10 Å². The van der Waals surface area contributed by atoms with Crippen LogP contribution in [0.15, 0.2) is 47.5 Å². The van der Waals surface area contributed by atoms with Gasteiger partial charge in [-0.25, -0.2) is 18.0 Å². The smallest absolute Gasteiger partial charge is 0.399 e. The first-order chi connectivity index (χ1) is 14.5. The van der Waals surface area contributed by atoms with Crippen molar-refractivity contribution in [1.29, 1.82) is 0 Å². The molecule has 0 N–H and O–H groups in total. The fourth-order valence-corrected chi connectivity index (χ4v) is 3.28. The zero-order valence-electron chi connectivity index (χ0n) is 17.5. The quantitative estimate of drug-likeness (QED) is 0.597. The summed E-state index contributed by atoms with van der Waals surface area (Å²) in [5.74, 6) is -1.87. The van der Waals surface area contributed by atoms with Crippen molar-refractivity contribution < 1.29 is 22.5 Å². The van der Waals surface area contributed by atoms with Gasteiger partial charge in [-0.2, -0.15) is 9.78 Å². The first-order valence-corrected chi connectivity index (χ1v) is 9.72. The Bertz CT molecular complexity index is 1190. The fourth-order valence-electron chi connectivity index (χ4n) is 3.28. The number of hydrogen-bond donors (Lipinski definition) is 0. The van der Waals surface area contributed by atoms with Crippen LogP contribution in [0.5, 0.6) is 0 Å². The van der Waals surface area contributed by atoms with E-state index in [9.17, 15) is 18.0 Å².